The zero-order valence-corrected chi connectivity index (χ0v) is 18.6. The van der Waals surface area contributed by atoms with Gasteiger partial charge in [0.15, 0.2) is 5.92 Å². The third kappa shape index (κ3) is 3.95. The molecule has 0 amide bonds. The van der Waals surface area contributed by atoms with E-state index in [9.17, 15) is 14.7 Å². The third-order valence-corrected chi connectivity index (χ3v) is 6.64. The van der Waals surface area contributed by atoms with Crippen molar-refractivity contribution in [1.29, 1.82) is 0 Å². The number of aliphatic carboxylic acids is 1. The molecule has 1 aliphatic carbocycles. The molecule has 0 bridgehead atoms. The number of nitrogens with two attached hydrogens (primary N) is 1. The minimum atomic E-state index is -1.45. The fourth-order valence-electron chi connectivity index (χ4n) is 5.00. The number of benzene rings is 4. The number of ether oxygens (including phenoxy) is 1. The van der Waals surface area contributed by atoms with Crippen LogP contribution in [0.3, 0.4) is 0 Å². The summed E-state index contributed by atoms with van der Waals surface area (Å²) in [5.41, 5.74) is 11.6. The quantitative estimate of drug-likeness (QED) is 0.312. The lowest BCUT2D eigenvalue weighted by molar-refractivity contribution is -0.159. The van der Waals surface area contributed by atoms with Crippen molar-refractivity contribution in [2.75, 3.05) is 6.61 Å². The van der Waals surface area contributed by atoms with Crippen LogP contribution in [0.2, 0.25) is 0 Å². The van der Waals surface area contributed by atoms with E-state index in [0.717, 1.165) is 38.6 Å². The second-order valence-electron chi connectivity index (χ2n) is 8.68. The number of esters is 1. The van der Waals surface area contributed by atoms with Crippen molar-refractivity contribution < 1.29 is 19.4 Å². The topological polar surface area (TPSA) is 89.6 Å². The molecule has 0 radical (unpaired) electrons. The first-order chi connectivity index (χ1) is 16.5. The number of carbonyl (C=O) groups is 2. The monoisotopic (exact) mass is 451 g/mol. The summed E-state index contributed by atoms with van der Waals surface area (Å²) < 4.78 is 5.61. The summed E-state index contributed by atoms with van der Waals surface area (Å²) in [5, 5.41) is 11.9. The van der Waals surface area contributed by atoms with Gasteiger partial charge in [-0.3, -0.25) is 9.59 Å². The van der Waals surface area contributed by atoms with E-state index in [2.05, 4.69) is 12.1 Å². The second kappa shape index (κ2) is 9.12. The molecule has 0 aliphatic heterocycles. The van der Waals surface area contributed by atoms with Crippen molar-refractivity contribution in [3.63, 3.8) is 0 Å². The predicted octanol–water partition coefficient (Wildman–Crippen LogP) is 4.77. The molecular weight excluding hydrogens is 426 g/mol. The van der Waals surface area contributed by atoms with Gasteiger partial charge in [0, 0.05) is 12.0 Å². The van der Waals surface area contributed by atoms with Gasteiger partial charge in [-0.1, -0.05) is 91.0 Å². The Balaban J connectivity index is 1.34. The first-order valence-corrected chi connectivity index (χ1v) is 11.3. The highest BCUT2D eigenvalue weighted by molar-refractivity contribution is 5.95. The van der Waals surface area contributed by atoms with Crippen LogP contribution in [0.1, 0.15) is 22.6 Å². The van der Waals surface area contributed by atoms with Crippen molar-refractivity contribution in [1.82, 2.24) is 0 Å². The summed E-state index contributed by atoms with van der Waals surface area (Å²) in [4.78, 5) is 25.0. The number of carbonyl (C=O) groups excluding carboxylic acids is 1. The van der Waals surface area contributed by atoms with Crippen LogP contribution >= 0.6 is 0 Å². The molecule has 34 heavy (non-hydrogen) atoms. The molecule has 1 aliphatic rings. The summed E-state index contributed by atoms with van der Waals surface area (Å²) in [6.45, 7) is 0.0671. The Hall–Kier alpha value is -3.96. The van der Waals surface area contributed by atoms with E-state index < -0.39 is 23.9 Å². The van der Waals surface area contributed by atoms with E-state index in [0.29, 0.717) is 0 Å². The van der Waals surface area contributed by atoms with Crippen LogP contribution < -0.4 is 5.73 Å². The smallest absolute Gasteiger partial charge is 0.321 e. The van der Waals surface area contributed by atoms with Crippen molar-refractivity contribution in [3.8, 4) is 11.1 Å². The van der Waals surface area contributed by atoms with Crippen LogP contribution in [0, 0.1) is 5.92 Å². The predicted molar refractivity (Wildman–Crippen MR) is 131 cm³/mol. The van der Waals surface area contributed by atoms with Crippen LogP contribution in [0.25, 0.3) is 21.9 Å². The molecule has 0 aromatic heterocycles. The standard InChI is InChI=1S/C29H25NO4/c30-26(16-19-10-7-9-18-8-1-2-11-20(18)19)27(28(31)32)29(33)34-17-25-23-14-5-3-12-21(23)22-13-4-6-15-24(22)25/h1-15,25-27H,16-17,30H2,(H,31,32)/t26-,27-/m0/s1. The molecule has 4 aromatic carbocycles. The number of fused-ring (bicyclic) bond motifs is 4. The van der Waals surface area contributed by atoms with Gasteiger partial charge in [-0.25, -0.2) is 0 Å². The molecule has 0 fully saturated rings. The maximum Gasteiger partial charge on any atom is 0.321 e. The van der Waals surface area contributed by atoms with Gasteiger partial charge < -0.3 is 15.6 Å². The van der Waals surface area contributed by atoms with Gasteiger partial charge in [0.25, 0.3) is 0 Å². The number of hydrogen-bond donors (Lipinski definition) is 2. The van der Waals surface area contributed by atoms with Gasteiger partial charge in [0.1, 0.15) is 6.61 Å². The van der Waals surface area contributed by atoms with Crippen LogP contribution in [0.4, 0.5) is 0 Å². The Kier molecular flexibility index (Phi) is 5.86. The van der Waals surface area contributed by atoms with Crippen molar-refractivity contribution in [2.45, 2.75) is 18.4 Å². The molecule has 5 rings (SSSR count). The molecular formula is C29H25NO4. The number of hydrogen-bond acceptors (Lipinski definition) is 4. The van der Waals surface area contributed by atoms with Gasteiger partial charge in [-0.2, -0.15) is 0 Å². The van der Waals surface area contributed by atoms with Gasteiger partial charge in [-0.05, 0) is 45.0 Å². The fourth-order valence-corrected chi connectivity index (χ4v) is 5.00. The average molecular weight is 452 g/mol. The number of carboxylic acid groups (broad SMARTS) is 1. The van der Waals surface area contributed by atoms with E-state index in [-0.39, 0.29) is 18.9 Å². The molecule has 0 unspecified atom stereocenters. The van der Waals surface area contributed by atoms with E-state index in [1.165, 1.54) is 0 Å². The number of rotatable bonds is 7. The highest BCUT2D eigenvalue weighted by Gasteiger charge is 2.36. The molecule has 5 nitrogen and oxygen atoms in total. The maximum atomic E-state index is 13.0. The molecule has 170 valence electrons. The molecule has 0 spiro atoms. The molecule has 5 heteroatoms. The normalized spacial score (nSPS) is 14.3. The third-order valence-electron chi connectivity index (χ3n) is 6.64. The van der Waals surface area contributed by atoms with Crippen molar-refractivity contribution in [2.24, 2.45) is 11.7 Å². The van der Waals surface area contributed by atoms with Crippen LogP contribution in [-0.2, 0) is 20.7 Å². The van der Waals surface area contributed by atoms with Crippen molar-refractivity contribution in [3.05, 3.63) is 108 Å². The average Bonchev–Trinajstić information content (AvgIpc) is 3.16. The van der Waals surface area contributed by atoms with Crippen LogP contribution in [-0.4, -0.2) is 29.7 Å². The Labute approximate surface area is 197 Å². The summed E-state index contributed by atoms with van der Waals surface area (Å²) >= 11 is 0. The van der Waals surface area contributed by atoms with Gasteiger partial charge in [0.2, 0.25) is 0 Å². The molecule has 4 aromatic rings. The zero-order chi connectivity index (χ0) is 23.7. The Bertz CT molecular complexity index is 1330. The lowest BCUT2D eigenvalue weighted by atomic mass is 9.91. The highest BCUT2D eigenvalue weighted by Crippen LogP contribution is 2.44. The Morgan fingerprint density at radius 1 is 0.824 bits per heavy atom. The first-order valence-electron chi connectivity index (χ1n) is 11.3. The summed E-state index contributed by atoms with van der Waals surface area (Å²) in [7, 11) is 0. The van der Waals surface area contributed by atoms with Gasteiger partial charge in [-0.15, -0.1) is 0 Å². The SMILES string of the molecule is N[C@@H](Cc1cccc2ccccc12)[C@@H](C(=O)O)C(=O)OCC1c2ccccc2-c2ccccc21. The Morgan fingerprint density at radius 3 is 2.09 bits per heavy atom. The lowest BCUT2D eigenvalue weighted by Crippen LogP contribution is -2.43. The summed E-state index contributed by atoms with van der Waals surface area (Å²) in [5.74, 6) is -3.67. The fraction of sp³-hybridized carbons (Fsp3) is 0.172. The molecule has 0 saturated heterocycles. The molecule has 3 N–H and O–H groups in total. The Morgan fingerprint density at radius 2 is 1.41 bits per heavy atom. The van der Waals surface area contributed by atoms with E-state index in [1.54, 1.807) is 0 Å². The van der Waals surface area contributed by atoms with E-state index in [4.69, 9.17) is 10.5 Å². The second-order valence-corrected chi connectivity index (χ2v) is 8.68. The van der Waals surface area contributed by atoms with Gasteiger partial charge in [0.05, 0.1) is 0 Å². The first kappa shape index (κ1) is 21.9. The van der Waals surface area contributed by atoms with Crippen LogP contribution in [0.15, 0.2) is 91.0 Å². The minimum Gasteiger partial charge on any atom is -0.481 e. The highest BCUT2D eigenvalue weighted by atomic mass is 16.5. The van der Waals surface area contributed by atoms with E-state index >= 15 is 0 Å². The molecule has 2 atom stereocenters. The van der Waals surface area contributed by atoms with Crippen molar-refractivity contribution >= 4 is 22.7 Å². The lowest BCUT2D eigenvalue weighted by Gasteiger charge is -2.21. The zero-order valence-electron chi connectivity index (χ0n) is 18.6. The maximum absolute atomic E-state index is 13.0. The largest absolute Gasteiger partial charge is 0.481 e. The van der Waals surface area contributed by atoms with Crippen LogP contribution in [0.5, 0.6) is 0 Å². The van der Waals surface area contributed by atoms with E-state index in [1.807, 2.05) is 78.9 Å². The molecule has 0 saturated carbocycles. The minimum absolute atomic E-state index is 0.0671. The molecule has 0 heterocycles. The number of carboxylic acids is 1. The summed E-state index contributed by atoms with van der Waals surface area (Å²) in [6.07, 6.45) is 0.252. The van der Waals surface area contributed by atoms with Gasteiger partial charge >= 0.3 is 11.9 Å². The summed E-state index contributed by atoms with van der Waals surface area (Å²) in [6, 6.07) is 28.8.